The van der Waals surface area contributed by atoms with Crippen molar-refractivity contribution >= 4 is 35.5 Å². The number of nitrogens with two attached hydrogens (primary N) is 1. The molecule has 0 aliphatic carbocycles. The van der Waals surface area contributed by atoms with Gasteiger partial charge in [0.2, 0.25) is 0 Å². The third kappa shape index (κ3) is 8.53. The molecule has 12 heavy (non-hydrogen) atoms. The Kier molecular flexibility index (Phi) is 10.0. The topological polar surface area (TPSA) is 63.3 Å². The molecule has 0 aromatic carbocycles. The summed E-state index contributed by atoms with van der Waals surface area (Å²) in [5, 5.41) is 8.47. The summed E-state index contributed by atoms with van der Waals surface area (Å²) >= 11 is 0. The van der Waals surface area contributed by atoms with Crippen molar-refractivity contribution in [2.75, 3.05) is 6.54 Å². The first-order valence-corrected chi connectivity index (χ1v) is 3.98. The van der Waals surface area contributed by atoms with Gasteiger partial charge in [0.05, 0.1) is 0 Å². The monoisotopic (exact) mass is 183 g/mol. The third-order valence-corrected chi connectivity index (χ3v) is 1.60. The quantitative estimate of drug-likeness (QED) is 0.608. The van der Waals surface area contributed by atoms with Crippen LogP contribution in [0.2, 0.25) is 0 Å². The van der Waals surface area contributed by atoms with E-state index in [-0.39, 0.29) is 41.9 Å². The molecule has 4 heteroatoms. The van der Waals surface area contributed by atoms with Crippen molar-refractivity contribution in [2.24, 2.45) is 17.6 Å². The minimum atomic E-state index is -0.749. The summed E-state index contributed by atoms with van der Waals surface area (Å²) < 4.78 is 0. The fourth-order valence-corrected chi connectivity index (χ4v) is 1.18. The van der Waals surface area contributed by atoms with E-state index in [0.29, 0.717) is 12.5 Å². The molecule has 0 fully saturated rings. The van der Waals surface area contributed by atoms with Crippen molar-refractivity contribution in [3.05, 3.63) is 0 Å². The summed E-state index contributed by atoms with van der Waals surface area (Å²) in [7, 11) is 0. The summed E-state index contributed by atoms with van der Waals surface area (Å²) in [5.74, 6) is -0.0727. The van der Waals surface area contributed by atoms with Gasteiger partial charge in [-0.1, -0.05) is 13.8 Å². The second-order valence-electron chi connectivity index (χ2n) is 3.33. The molecular weight excluding hydrogens is 165 g/mol. The van der Waals surface area contributed by atoms with Gasteiger partial charge in [0.15, 0.2) is 0 Å². The zero-order chi connectivity index (χ0) is 8.85. The molecule has 0 saturated heterocycles. The van der Waals surface area contributed by atoms with E-state index in [0.717, 1.165) is 6.42 Å². The summed E-state index contributed by atoms with van der Waals surface area (Å²) in [6.07, 6.45) is 1.11. The molecule has 0 aromatic rings. The van der Waals surface area contributed by atoms with E-state index in [1.165, 1.54) is 0 Å². The van der Waals surface area contributed by atoms with Crippen LogP contribution < -0.4 is 5.73 Å². The van der Waals surface area contributed by atoms with E-state index in [1.54, 1.807) is 0 Å². The predicted octanol–water partition coefficient (Wildman–Crippen LogP) is 0.434. The fraction of sp³-hybridized carbons (Fsp3) is 0.875. The predicted molar refractivity (Wildman–Crippen MR) is 51.4 cm³/mol. The van der Waals surface area contributed by atoms with Gasteiger partial charge >= 0.3 is 35.5 Å². The average Bonchev–Trinajstić information content (AvgIpc) is 1.84. The maximum absolute atomic E-state index is 10.3. The van der Waals surface area contributed by atoms with Crippen molar-refractivity contribution in [1.29, 1.82) is 0 Å². The normalized spacial score (nSPS) is 12.3. The van der Waals surface area contributed by atoms with E-state index in [9.17, 15) is 4.79 Å². The van der Waals surface area contributed by atoms with Crippen LogP contribution in [0.15, 0.2) is 0 Å². The van der Waals surface area contributed by atoms with E-state index < -0.39 is 5.97 Å². The second kappa shape index (κ2) is 8.05. The molecule has 68 valence electrons. The zero-order valence-corrected chi connectivity index (χ0v) is 7.21. The van der Waals surface area contributed by atoms with Crippen molar-refractivity contribution in [3.8, 4) is 0 Å². The first kappa shape index (κ1) is 14.9. The van der Waals surface area contributed by atoms with Crippen LogP contribution >= 0.6 is 0 Å². The first-order valence-electron chi connectivity index (χ1n) is 3.98. The van der Waals surface area contributed by atoms with Gasteiger partial charge in [0.1, 0.15) is 0 Å². The number of rotatable bonds is 5. The number of carboxylic acid groups (broad SMARTS) is 1. The van der Waals surface area contributed by atoms with Gasteiger partial charge in [-0.25, -0.2) is 0 Å². The van der Waals surface area contributed by atoms with E-state index >= 15 is 0 Å². The van der Waals surface area contributed by atoms with E-state index in [4.69, 9.17) is 10.8 Å². The summed E-state index contributed by atoms with van der Waals surface area (Å²) in [6.45, 7) is 4.62. The molecule has 0 aliphatic rings. The van der Waals surface area contributed by atoms with Gasteiger partial charge in [0.25, 0.3) is 0 Å². The molecule has 0 aliphatic heterocycles. The summed E-state index contributed by atoms with van der Waals surface area (Å²) in [4.78, 5) is 10.3. The molecule has 1 atom stereocenters. The Bertz CT molecular complexity index is 128. The molecule has 0 radical (unpaired) electrons. The molecule has 0 aromatic heterocycles. The van der Waals surface area contributed by atoms with Gasteiger partial charge in [-0.2, -0.15) is 0 Å². The van der Waals surface area contributed by atoms with Gasteiger partial charge < -0.3 is 10.8 Å². The Labute approximate surface area is 96.0 Å². The number of carbonyl (C=O) groups is 1. The Morgan fingerprint density at radius 3 is 2.25 bits per heavy atom. The zero-order valence-electron chi connectivity index (χ0n) is 7.21. The SMILES string of the molecule is CC(C)C[C@H](CN)CC(=O)O.[NaH]. The Hall–Kier alpha value is 0.430. The van der Waals surface area contributed by atoms with Crippen LogP contribution in [0.25, 0.3) is 0 Å². The molecule has 0 spiro atoms. The Morgan fingerprint density at radius 1 is 1.50 bits per heavy atom. The number of hydrogen-bond donors (Lipinski definition) is 2. The number of hydrogen-bond acceptors (Lipinski definition) is 2. The Morgan fingerprint density at radius 2 is 2.00 bits per heavy atom. The second-order valence-corrected chi connectivity index (χ2v) is 3.33. The molecule has 0 unspecified atom stereocenters. The summed E-state index contributed by atoms with van der Waals surface area (Å²) in [5.41, 5.74) is 5.41. The molecule has 0 rings (SSSR count). The third-order valence-electron chi connectivity index (χ3n) is 1.60. The van der Waals surface area contributed by atoms with Crippen LogP contribution in [0, 0.1) is 11.8 Å². The van der Waals surface area contributed by atoms with Crippen molar-refractivity contribution in [3.63, 3.8) is 0 Å². The Balaban J connectivity index is 0. The van der Waals surface area contributed by atoms with E-state index in [1.807, 2.05) is 0 Å². The van der Waals surface area contributed by atoms with Crippen LogP contribution in [0.5, 0.6) is 0 Å². The number of carboxylic acids is 1. The molecular formula is C8H18NNaO2. The first-order chi connectivity index (χ1) is 5.06. The fourth-order valence-electron chi connectivity index (χ4n) is 1.18. The minimum absolute atomic E-state index is 0. The van der Waals surface area contributed by atoms with Gasteiger partial charge in [0, 0.05) is 6.42 Å². The molecule has 0 heterocycles. The standard InChI is InChI=1S/C8H17NO2.Na.H/c1-6(2)3-7(5-9)4-8(10)11;;/h6-7H,3-5,9H2,1-2H3,(H,10,11);;/t7-;;/m0../s1. The maximum atomic E-state index is 10.3. The van der Waals surface area contributed by atoms with Crippen LogP contribution in [0.1, 0.15) is 26.7 Å². The molecule has 3 nitrogen and oxygen atoms in total. The van der Waals surface area contributed by atoms with Crippen molar-refractivity contribution in [1.82, 2.24) is 0 Å². The van der Waals surface area contributed by atoms with Crippen molar-refractivity contribution < 1.29 is 9.90 Å². The van der Waals surface area contributed by atoms with Crippen LogP contribution in [0.4, 0.5) is 0 Å². The average molecular weight is 183 g/mol. The molecule has 3 N–H and O–H groups in total. The number of aliphatic carboxylic acids is 1. The van der Waals surface area contributed by atoms with Gasteiger partial charge in [-0.05, 0) is 24.8 Å². The molecule has 0 amide bonds. The van der Waals surface area contributed by atoms with Crippen LogP contribution in [0.3, 0.4) is 0 Å². The molecule has 0 saturated carbocycles. The van der Waals surface area contributed by atoms with Crippen LogP contribution in [-0.4, -0.2) is 47.2 Å². The van der Waals surface area contributed by atoms with Gasteiger partial charge in [-0.3, -0.25) is 4.79 Å². The molecule has 0 bridgehead atoms. The van der Waals surface area contributed by atoms with E-state index in [2.05, 4.69) is 13.8 Å². The summed E-state index contributed by atoms with van der Waals surface area (Å²) in [6, 6.07) is 0. The van der Waals surface area contributed by atoms with Gasteiger partial charge in [-0.15, -0.1) is 0 Å². The van der Waals surface area contributed by atoms with Crippen LogP contribution in [-0.2, 0) is 4.79 Å². The van der Waals surface area contributed by atoms with Crippen molar-refractivity contribution in [2.45, 2.75) is 26.7 Å².